The number of ether oxygens (including phenoxy) is 1. The number of carbonyl (C=O) groups is 1. The molecule has 0 atom stereocenters. The molecule has 1 heterocycles. The lowest BCUT2D eigenvalue weighted by molar-refractivity contribution is -0.118. The summed E-state index contributed by atoms with van der Waals surface area (Å²) in [6.45, 7) is 5.96. The van der Waals surface area contributed by atoms with E-state index in [-0.39, 0.29) is 12.5 Å². The maximum absolute atomic E-state index is 12.0. The van der Waals surface area contributed by atoms with Gasteiger partial charge in [0.2, 0.25) is 5.88 Å². The van der Waals surface area contributed by atoms with Crippen molar-refractivity contribution in [1.82, 2.24) is 5.16 Å². The minimum atomic E-state index is -0.301. The normalized spacial score (nSPS) is 10.5. The van der Waals surface area contributed by atoms with Crippen LogP contribution in [0.4, 0.5) is 5.88 Å². The van der Waals surface area contributed by atoms with E-state index in [4.69, 9.17) is 9.26 Å². The van der Waals surface area contributed by atoms with E-state index in [2.05, 4.69) is 10.5 Å². The zero-order valence-electron chi connectivity index (χ0n) is 14.5. The van der Waals surface area contributed by atoms with E-state index < -0.39 is 0 Å². The molecule has 0 bridgehead atoms. The van der Waals surface area contributed by atoms with Gasteiger partial charge in [-0.15, -0.1) is 0 Å². The second-order valence-electron chi connectivity index (χ2n) is 6.03. The molecule has 0 aliphatic rings. The van der Waals surface area contributed by atoms with Crippen LogP contribution in [-0.4, -0.2) is 17.7 Å². The number of hydrogen-bond donors (Lipinski definition) is 1. The Bertz CT molecular complexity index is 882. The van der Waals surface area contributed by atoms with Crippen LogP contribution in [0.5, 0.6) is 5.75 Å². The fraction of sp³-hybridized carbons (Fsp3) is 0.200. The summed E-state index contributed by atoms with van der Waals surface area (Å²) in [5, 5.41) is 6.62. The predicted octanol–water partition coefficient (Wildman–Crippen LogP) is 4.28. The number of nitrogens with zero attached hydrogens (tertiary/aromatic N) is 1. The lowest BCUT2D eigenvalue weighted by atomic mass is 10.1. The number of nitrogens with one attached hydrogen (secondary N) is 1. The third kappa shape index (κ3) is 4.26. The van der Waals surface area contributed by atoms with E-state index in [1.807, 2.05) is 63.2 Å². The van der Waals surface area contributed by atoms with Crippen LogP contribution in [0.15, 0.2) is 53.1 Å². The molecule has 1 N–H and O–H groups in total. The molecule has 0 spiro atoms. The first kappa shape index (κ1) is 16.8. The molecule has 1 amide bonds. The molecule has 5 nitrogen and oxygen atoms in total. The second-order valence-corrected chi connectivity index (χ2v) is 6.03. The standard InChI is InChI=1S/C20H20N2O3/c1-13-4-7-16(8-5-13)18-11-20(25-22-18)21-19(23)12-24-17-9-6-14(2)15(3)10-17/h4-11H,12H2,1-3H3,(H,21,23). The Hall–Kier alpha value is -3.08. The molecule has 3 aromatic rings. The van der Waals surface area contributed by atoms with Crippen LogP contribution in [0.3, 0.4) is 0 Å². The Morgan fingerprint density at radius 1 is 1.04 bits per heavy atom. The number of amides is 1. The van der Waals surface area contributed by atoms with Crippen LogP contribution in [0, 0.1) is 20.8 Å². The van der Waals surface area contributed by atoms with E-state index in [0.29, 0.717) is 17.3 Å². The number of anilines is 1. The van der Waals surface area contributed by atoms with Crippen LogP contribution < -0.4 is 10.1 Å². The molecule has 3 rings (SSSR count). The molecule has 0 fully saturated rings. The lowest BCUT2D eigenvalue weighted by Gasteiger charge is -2.07. The van der Waals surface area contributed by atoms with Crippen molar-refractivity contribution in [3.8, 4) is 17.0 Å². The van der Waals surface area contributed by atoms with Gasteiger partial charge in [0.15, 0.2) is 6.61 Å². The average molecular weight is 336 g/mol. The van der Waals surface area contributed by atoms with Crippen LogP contribution in [-0.2, 0) is 4.79 Å². The number of carbonyl (C=O) groups excluding carboxylic acids is 1. The molecule has 128 valence electrons. The van der Waals surface area contributed by atoms with Gasteiger partial charge < -0.3 is 9.26 Å². The molecule has 1 aromatic heterocycles. The monoisotopic (exact) mass is 336 g/mol. The quantitative estimate of drug-likeness (QED) is 0.755. The summed E-state index contributed by atoms with van der Waals surface area (Å²) >= 11 is 0. The zero-order valence-corrected chi connectivity index (χ0v) is 14.5. The van der Waals surface area contributed by atoms with Gasteiger partial charge in [-0.25, -0.2) is 0 Å². The highest BCUT2D eigenvalue weighted by atomic mass is 16.5. The van der Waals surface area contributed by atoms with Gasteiger partial charge in [-0.2, -0.15) is 0 Å². The summed E-state index contributed by atoms with van der Waals surface area (Å²) in [5.41, 5.74) is 5.08. The van der Waals surface area contributed by atoms with Crippen LogP contribution in [0.2, 0.25) is 0 Å². The summed E-state index contributed by atoms with van der Waals surface area (Å²) in [6, 6.07) is 15.3. The van der Waals surface area contributed by atoms with Crippen molar-refractivity contribution in [2.45, 2.75) is 20.8 Å². The Labute approximate surface area is 146 Å². The highest BCUT2D eigenvalue weighted by molar-refractivity contribution is 5.91. The molecule has 5 heteroatoms. The predicted molar refractivity (Wildman–Crippen MR) is 96.7 cm³/mol. The number of aromatic nitrogens is 1. The van der Waals surface area contributed by atoms with Gasteiger partial charge in [0, 0.05) is 11.6 Å². The van der Waals surface area contributed by atoms with Gasteiger partial charge >= 0.3 is 0 Å². The van der Waals surface area contributed by atoms with Crippen LogP contribution >= 0.6 is 0 Å². The van der Waals surface area contributed by atoms with Crippen molar-refractivity contribution in [2.75, 3.05) is 11.9 Å². The molecule has 0 unspecified atom stereocenters. The smallest absolute Gasteiger partial charge is 0.264 e. The van der Waals surface area contributed by atoms with Crippen molar-refractivity contribution < 1.29 is 14.1 Å². The molecule has 25 heavy (non-hydrogen) atoms. The summed E-state index contributed by atoms with van der Waals surface area (Å²) in [7, 11) is 0. The second kappa shape index (κ2) is 7.21. The highest BCUT2D eigenvalue weighted by Gasteiger charge is 2.10. The Kier molecular flexibility index (Phi) is 4.84. The Morgan fingerprint density at radius 3 is 2.52 bits per heavy atom. The fourth-order valence-corrected chi connectivity index (χ4v) is 2.32. The number of benzene rings is 2. The largest absolute Gasteiger partial charge is 0.484 e. The summed E-state index contributed by atoms with van der Waals surface area (Å²) in [6.07, 6.45) is 0. The first-order chi connectivity index (χ1) is 12.0. The zero-order chi connectivity index (χ0) is 17.8. The van der Waals surface area contributed by atoms with Gasteiger partial charge in [-0.05, 0) is 44.0 Å². The fourth-order valence-electron chi connectivity index (χ4n) is 2.32. The summed E-state index contributed by atoms with van der Waals surface area (Å²) in [4.78, 5) is 12.0. The molecule has 0 aliphatic heterocycles. The number of hydrogen-bond acceptors (Lipinski definition) is 4. The third-order valence-corrected chi connectivity index (χ3v) is 3.97. The highest BCUT2D eigenvalue weighted by Crippen LogP contribution is 2.22. The van der Waals surface area contributed by atoms with E-state index in [9.17, 15) is 4.79 Å². The van der Waals surface area contributed by atoms with Crippen molar-refractivity contribution in [3.05, 3.63) is 65.2 Å². The molecule has 0 radical (unpaired) electrons. The van der Waals surface area contributed by atoms with Gasteiger partial charge in [-0.1, -0.05) is 41.1 Å². The number of rotatable bonds is 5. The van der Waals surface area contributed by atoms with Crippen molar-refractivity contribution >= 4 is 11.8 Å². The topological polar surface area (TPSA) is 64.4 Å². The maximum Gasteiger partial charge on any atom is 0.264 e. The molecule has 0 saturated heterocycles. The molecular formula is C20H20N2O3. The summed E-state index contributed by atoms with van der Waals surface area (Å²) in [5.74, 6) is 0.658. The molecule has 0 saturated carbocycles. The van der Waals surface area contributed by atoms with E-state index in [0.717, 1.165) is 11.1 Å². The van der Waals surface area contributed by atoms with Crippen molar-refractivity contribution in [3.63, 3.8) is 0 Å². The van der Waals surface area contributed by atoms with Crippen LogP contribution in [0.1, 0.15) is 16.7 Å². The number of aryl methyl sites for hydroxylation is 3. The first-order valence-corrected chi connectivity index (χ1v) is 8.05. The minimum absolute atomic E-state index is 0.0942. The minimum Gasteiger partial charge on any atom is -0.484 e. The average Bonchev–Trinajstić information content (AvgIpc) is 3.05. The van der Waals surface area contributed by atoms with Gasteiger partial charge in [0.1, 0.15) is 11.4 Å². The van der Waals surface area contributed by atoms with Crippen LogP contribution in [0.25, 0.3) is 11.3 Å². The van der Waals surface area contributed by atoms with Gasteiger partial charge in [-0.3, -0.25) is 10.1 Å². The van der Waals surface area contributed by atoms with Crippen molar-refractivity contribution in [2.24, 2.45) is 0 Å². The lowest BCUT2D eigenvalue weighted by Crippen LogP contribution is -2.19. The maximum atomic E-state index is 12.0. The van der Waals surface area contributed by atoms with E-state index >= 15 is 0 Å². The molecule has 2 aromatic carbocycles. The SMILES string of the molecule is Cc1ccc(-c2cc(NC(=O)COc3ccc(C)c(C)c3)on2)cc1. The Balaban J connectivity index is 1.58. The van der Waals surface area contributed by atoms with E-state index in [1.54, 1.807) is 6.07 Å². The van der Waals surface area contributed by atoms with Gasteiger partial charge in [0.05, 0.1) is 0 Å². The summed E-state index contributed by atoms with van der Waals surface area (Å²) < 4.78 is 10.7. The van der Waals surface area contributed by atoms with Crippen molar-refractivity contribution in [1.29, 1.82) is 0 Å². The Morgan fingerprint density at radius 2 is 1.80 bits per heavy atom. The van der Waals surface area contributed by atoms with E-state index in [1.165, 1.54) is 11.1 Å². The molecule has 0 aliphatic carbocycles. The molecular weight excluding hydrogens is 316 g/mol. The first-order valence-electron chi connectivity index (χ1n) is 8.05. The van der Waals surface area contributed by atoms with Gasteiger partial charge in [0.25, 0.3) is 5.91 Å². The third-order valence-electron chi connectivity index (χ3n) is 3.97.